The number of nitrogens with zero attached hydrogens (tertiary/aromatic N) is 3. The molecular formula is C28H29ClN4O3. The first kappa shape index (κ1) is 26.7. The van der Waals surface area contributed by atoms with E-state index in [2.05, 4.69) is 36.7 Å². The van der Waals surface area contributed by atoms with Gasteiger partial charge in [0.2, 0.25) is 0 Å². The standard InChI is InChI=1S/C28H28N4O3.ClH/c1-32(2,3)17-18-35-25-16-10-9-15-24(25)30-31-26-22-14-8-7-11-20(22)19-23(27(26)33)28(34)29-21-12-5-4-6-13-21;/h4-16,19H,17-18H2,1-3H3,(H-,29,30,33,34);1H. The molecule has 0 fully saturated rings. The van der Waals surface area contributed by atoms with Crippen molar-refractivity contribution in [1.29, 1.82) is 0 Å². The van der Waals surface area contributed by atoms with Crippen molar-refractivity contribution in [3.05, 3.63) is 90.5 Å². The number of hydrogen-bond donors (Lipinski definition) is 2. The van der Waals surface area contributed by atoms with Gasteiger partial charge in [0.15, 0.2) is 5.75 Å². The van der Waals surface area contributed by atoms with Gasteiger partial charge in [-0.2, -0.15) is 0 Å². The van der Waals surface area contributed by atoms with Crippen molar-refractivity contribution in [2.45, 2.75) is 0 Å². The molecule has 7 nitrogen and oxygen atoms in total. The summed E-state index contributed by atoms with van der Waals surface area (Å²) in [6, 6.07) is 25.5. The largest absolute Gasteiger partial charge is 1.00 e. The molecule has 0 bridgehead atoms. The summed E-state index contributed by atoms with van der Waals surface area (Å²) in [5, 5.41) is 24.1. The average Bonchev–Trinajstić information content (AvgIpc) is 2.84. The second-order valence-electron chi connectivity index (χ2n) is 9.19. The van der Waals surface area contributed by atoms with Gasteiger partial charge in [-0.25, -0.2) is 0 Å². The first-order valence-electron chi connectivity index (χ1n) is 11.4. The zero-order valence-corrected chi connectivity index (χ0v) is 21.2. The molecule has 4 aromatic rings. The Kier molecular flexibility index (Phi) is 8.64. The van der Waals surface area contributed by atoms with Crippen molar-refractivity contribution in [2.75, 3.05) is 39.6 Å². The van der Waals surface area contributed by atoms with E-state index in [1.165, 1.54) is 0 Å². The van der Waals surface area contributed by atoms with Gasteiger partial charge in [-0.3, -0.25) is 4.79 Å². The summed E-state index contributed by atoms with van der Waals surface area (Å²) < 4.78 is 6.73. The molecule has 0 saturated heterocycles. The van der Waals surface area contributed by atoms with Crippen LogP contribution in [-0.4, -0.2) is 49.8 Å². The lowest BCUT2D eigenvalue weighted by molar-refractivity contribution is -0.870. The van der Waals surface area contributed by atoms with Gasteiger partial charge < -0.3 is 32.1 Å². The molecule has 2 N–H and O–H groups in total. The second kappa shape index (κ2) is 11.7. The molecule has 36 heavy (non-hydrogen) atoms. The summed E-state index contributed by atoms with van der Waals surface area (Å²) in [5.41, 5.74) is 1.51. The van der Waals surface area contributed by atoms with Crippen LogP contribution in [0.2, 0.25) is 0 Å². The van der Waals surface area contributed by atoms with E-state index >= 15 is 0 Å². The highest BCUT2D eigenvalue weighted by Gasteiger charge is 2.19. The molecule has 0 atom stereocenters. The number of carbonyl (C=O) groups excluding carboxylic acids is 1. The van der Waals surface area contributed by atoms with E-state index in [9.17, 15) is 9.90 Å². The number of nitrogens with one attached hydrogen (secondary N) is 1. The minimum absolute atomic E-state index is 0. The number of azo groups is 1. The van der Waals surface area contributed by atoms with Crippen LogP contribution in [0.5, 0.6) is 11.5 Å². The van der Waals surface area contributed by atoms with Gasteiger partial charge >= 0.3 is 0 Å². The third-order valence-corrected chi connectivity index (χ3v) is 5.41. The van der Waals surface area contributed by atoms with Crippen LogP contribution >= 0.6 is 0 Å². The Morgan fingerprint density at radius 2 is 1.58 bits per heavy atom. The Morgan fingerprint density at radius 1 is 0.917 bits per heavy atom. The predicted molar refractivity (Wildman–Crippen MR) is 139 cm³/mol. The van der Waals surface area contributed by atoms with Crippen LogP contribution in [0.25, 0.3) is 10.8 Å². The van der Waals surface area contributed by atoms with E-state index < -0.39 is 5.91 Å². The summed E-state index contributed by atoms with van der Waals surface area (Å²) in [4.78, 5) is 13.0. The van der Waals surface area contributed by atoms with E-state index in [4.69, 9.17) is 4.74 Å². The number of quaternary nitrogens is 1. The average molecular weight is 505 g/mol. The van der Waals surface area contributed by atoms with Crippen molar-refractivity contribution in [1.82, 2.24) is 0 Å². The van der Waals surface area contributed by atoms with Gasteiger partial charge in [-0.1, -0.05) is 54.6 Å². The molecule has 0 heterocycles. The zero-order valence-electron chi connectivity index (χ0n) is 20.5. The van der Waals surface area contributed by atoms with Crippen molar-refractivity contribution < 1.29 is 31.5 Å². The van der Waals surface area contributed by atoms with Crippen LogP contribution in [0.3, 0.4) is 0 Å². The fraction of sp³-hybridized carbons (Fsp3) is 0.179. The van der Waals surface area contributed by atoms with Crippen molar-refractivity contribution in [2.24, 2.45) is 10.2 Å². The molecule has 0 aromatic heterocycles. The number of amides is 1. The normalized spacial score (nSPS) is 11.3. The number of phenolic OH excluding ortho intramolecular Hbond substituents is 1. The Morgan fingerprint density at radius 3 is 2.33 bits per heavy atom. The lowest BCUT2D eigenvalue weighted by Crippen LogP contribution is -3.00. The van der Waals surface area contributed by atoms with Crippen LogP contribution in [-0.2, 0) is 0 Å². The molecule has 8 heteroatoms. The Hall–Kier alpha value is -3.94. The van der Waals surface area contributed by atoms with Crippen LogP contribution in [0, 0.1) is 0 Å². The van der Waals surface area contributed by atoms with E-state index in [0.29, 0.717) is 29.1 Å². The summed E-state index contributed by atoms with van der Waals surface area (Å²) in [6.45, 7) is 1.36. The number of likely N-dealkylation sites (N-methyl/N-ethyl adjacent to an activating group) is 1. The molecule has 0 saturated carbocycles. The first-order chi connectivity index (χ1) is 16.8. The molecule has 186 valence electrons. The lowest BCUT2D eigenvalue weighted by atomic mass is 10.0. The monoisotopic (exact) mass is 504 g/mol. The molecule has 0 unspecified atom stereocenters. The maximum absolute atomic E-state index is 13.0. The molecule has 0 aliphatic rings. The maximum atomic E-state index is 13.0. The number of phenols is 1. The molecule has 4 aromatic carbocycles. The summed E-state index contributed by atoms with van der Waals surface area (Å²) in [7, 11) is 6.30. The van der Waals surface area contributed by atoms with Crippen molar-refractivity contribution >= 4 is 33.7 Å². The van der Waals surface area contributed by atoms with E-state index in [0.717, 1.165) is 16.4 Å². The Bertz CT molecular complexity index is 1370. The van der Waals surface area contributed by atoms with Crippen LogP contribution in [0.1, 0.15) is 10.4 Å². The predicted octanol–water partition coefficient (Wildman–Crippen LogP) is 3.30. The number of fused-ring (bicyclic) bond motifs is 1. The Labute approximate surface area is 217 Å². The quantitative estimate of drug-likeness (QED) is 0.285. The third kappa shape index (κ3) is 6.59. The minimum atomic E-state index is -0.431. The van der Waals surface area contributed by atoms with Gasteiger partial charge in [0.05, 0.1) is 26.7 Å². The minimum Gasteiger partial charge on any atom is -1.00 e. The molecule has 0 spiro atoms. The number of aromatic hydroxyl groups is 1. The summed E-state index contributed by atoms with van der Waals surface area (Å²) in [6.07, 6.45) is 0. The molecular weight excluding hydrogens is 476 g/mol. The van der Waals surface area contributed by atoms with Crippen LogP contribution in [0.4, 0.5) is 17.1 Å². The highest BCUT2D eigenvalue weighted by atomic mass is 35.5. The number of para-hydroxylation sites is 2. The second-order valence-corrected chi connectivity index (χ2v) is 9.19. The van der Waals surface area contributed by atoms with Gasteiger partial charge in [0, 0.05) is 11.1 Å². The lowest BCUT2D eigenvalue weighted by Gasteiger charge is -2.23. The van der Waals surface area contributed by atoms with Gasteiger partial charge in [-0.15, -0.1) is 10.2 Å². The highest BCUT2D eigenvalue weighted by molar-refractivity contribution is 6.11. The number of carbonyl (C=O) groups is 1. The third-order valence-electron chi connectivity index (χ3n) is 5.41. The SMILES string of the molecule is C[N+](C)(C)CCOc1ccccc1N=Nc1c(O)c(C(=O)Nc2ccccc2)cc2ccccc12.[Cl-]. The van der Waals surface area contributed by atoms with E-state index in [1.807, 2.05) is 60.7 Å². The number of halogens is 1. The van der Waals surface area contributed by atoms with Gasteiger partial charge in [0.1, 0.15) is 30.3 Å². The molecule has 4 rings (SSSR count). The number of benzene rings is 4. The smallest absolute Gasteiger partial charge is 0.259 e. The van der Waals surface area contributed by atoms with Crippen molar-refractivity contribution in [3.63, 3.8) is 0 Å². The molecule has 0 aliphatic heterocycles. The highest BCUT2D eigenvalue weighted by Crippen LogP contribution is 2.40. The number of ether oxygens (including phenoxy) is 1. The fourth-order valence-electron chi connectivity index (χ4n) is 3.51. The maximum Gasteiger partial charge on any atom is 0.259 e. The summed E-state index contributed by atoms with van der Waals surface area (Å²) >= 11 is 0. The fourth-order valence-corrected chi connectivity index (χ4v) is 3.51. The number of hydrogen-bond acceptors (Lipinski definition) is 5. The van der Waals surface area contributed by atoms with Crippen LogP contribution in [0.15, 0.2) is 95.2 Å². The number of rotatable bonds is 8. The first-order valence-corrected chi connectivity index (χ1v) is 11.4. The zero-order chi connectivity index (χ0) is 24.8. The van der Waals surface area contributed by atoms with E-state index in [-0.39, 0.29) is 29.4 Å². The van der Waals surface area contributed by atoms with E-state index in [1.54, 1.807) is 24.3 Å². The Balaban J connectivity index is 0.00000361. The topological polar surface area (TPSA) is 83.3 Å². The molecule has 1 amide bonds. The molecule has 0 aliphatic carbocycles. The molecule has 0 radical (unpaired) electrons. The number of anilines is 1. The van der Waals surface area contributed by atoms with Gasteiger partial charge in [-0.05, 0) is 35.7 Å². The van der Waals surface area contributed by atoms with Crippen LogP contribution < -0.4 is 22.5 Å². The van der Waals surface area contributed by atoms with Crippen molar-refractivity contribution in [3.8, 4) is 11.5 Å². The van der Waals surface area contributed by atoms with Gasteiger partial charge in [0.25, 0.3) is 5.91 Å². The summed E-state index contributed by atoms with van der Waals surface area (Å²) in [5.74, 6) is -0.0595.